The van der Waals surface area contributed by atoms with Crippen LogP contribution in [-0.2, 0) is 11.0 Å². The third-order valence-corrected chi connectivity index (χ3v) is 5.47. The molecule has 0 aromatic carbocycles. The molecule has 1 N–H and O–H groups in total. The van der Waals surface area contributed by atoms with Gasteiger partial charge in [-0.15, -0.1) is 11.3 Å². The topological polar surface area (TPSA) is 62.3 Å². The number of nitrogens with one attached hydrogen (secondary N) is 1. The minimum absolute atomic E-state index is 0.0381. The molecule has 0 unspecified atom stereocenters. The molecule has 148 valence electrons. The first-order valence-electron chi connectivity index (χ1n) is 8.72. The number of aromatic nitrogens is 1. The zero-order valence-electron chi connectivity index (χ0n) is 15.4. The van der Waals surface area contributed by atoms with Gasteiger partial charge in [-0.25, -0.2) is 4.98 Å². The van der Waals surface area contributed by atoms with E-state index >= 15 is 0 Å². The quantitative estimate of drug-likeness (QED) is 0.714. The lowest BCUT2D eigenvalue weighted by Crippen LogP contribution is -2.31. The number of nitrogens with zero attached hydrogens (tertiary/aromatic N) is 2. The molecular weight excluding hydrogens is 379 g/mol. The van der Waals surface area contributed by atoms with Crippen molar-refractivity contribution in [3.63, 3.8) is 0 Å². The van der Waals surface area contributed by atoms with Crippen molar-refractivity contribution in [3.8, 4) is 0 Å². The summed E-state index contributed by atoms with van der Waals surface area (Å²) in [6, 6.07) is 2.26. The van der Waals surface area contributed by atoms with E-state index in [0.717, 1.165) is 17.4 Å². The number of aryl methyl sites for hydroxylation is 1. The molecule has 5 nitrogen and oxygen atoms in total. The van der Waals surface area contributed by atoms with Crippen LogP contribution in [0.2, 0.25) is 0 Å². The highest BCUT2D eigenvalue weighted by molar-refractivity contribution is 7.20. The van der Waals surface area contributed by atoms with Crippen molar-refractivity contribution in [2.24, 2.45) is 0 Å². The van der Waals surface area contributed by atoms with E-state index in [1.807, 2.05) is 13.8 Å². The molecule has 0 fully saturated rings. The third kappa shape index (κ3) is 4.97. The molecule has 2 heterocycles. The Morgan fingerprint density at radius 1 is 1.22 bits per heavy atom. The van der Waals surface area contributed by atoms with Gasteiger partial charge in [0.15, 0.2) is 0 Å². The number of hydrogen-bond acceptors (Lipinski definition) is 4. The summed E-state index contributed by atoms with van der Waals surface area (Å²) in [6.07, 6.45) is -3.68. The highest BCUT2D eigenvalue weighted by Gasteiger charge is 2.33. The van der Waals surface area contributed by atoms with Crippen LogP contribution in [0.25, 0.3) is 10.2 Å². The fraction of sp³-hybridized carbons (Fsp3) is 0.500. The van der Waals surface area contributed by atoms with E-state index in [4.69, 9.17) is 0 Å². The number of pyridine rings is 1. The molecule has 0 saturated heterocycles. The van der Waals surface area contributed by atoms with Crippen molar-refractivity contribution >= 4 is 33.4 Å². The predicted octanol–water partition coefficient (Wildman–Crippen LogP) is 4.00. The number of fused-ring (bicyclic) bond motifs is 1. The lowest BCUT2D eigenvalue weighted by molar-refractivity contribution is -0.141. The molecule has 0 radical (unpaired) electrons. The highest BCUT2D eigenvalue weighted by atomic mass is 32.1. The normalized spacial score (nSPS) is 11.6. The number of halogens is 3. The van der Waals surface area contributed by atoms with E-state index < -0.39 is 11.9 Å². The maximum absolute atomic E-state index is 12.8. The Hall–Kier alpha value is -2.16. The van der Waals surface area contributed by atoms with Gasteiger partial charge in [0.25, 0.3) is 5.91 Å². The first-order chi connectivity index (χ1) is 12.7. The van der Waals surface area contributed by atoms with E-state index in [2.05, 4.69) is 10.3 Å². The van der Waals surface area contributed by atoms with Crippen molar-refractivity contribution in [3.05, 3.63) is 28.3 Å². The molecule has 0 aliphatic carbocycles. The minimum Gasteiger partial charge on any atom is -0.351 e. The van der Waals surface area contributed by atoms with Gasteiger partial charge in [-0.3, -0.25) is 9.59 Å². The molecule has 0 saturated carbocycles. The zero-order chi connectivity index (χ0) is 20.2. The summed E-state index contributed by atoms with van der Waals surface area (Å²) >= 11 is 0.940. The van der Waals surface area contributed by atoms with Gasteiger partial charge >= 0.3 is 6.18 Å². The Labute approximate surface area is 159 Å². The van der Waals surface area contributed by atoms with Crippen LogP contribution in [0.4, 0.5) is 13.2 Å². The fourth-order valence-electron chi connectivity index (χ4n) is 2.73. The predicted molar refractivity (Wildman–Crippen MR) is 98.9 cm³/mol. The molecule has 0 aliphatic heterocycles. The molecule has 9 heteroatoms. The number of rotatable bonds is 7. The van der Waals surface area contributed by atoms with Crippen molar-refractivity contribution in [2.75, 3.05) is 19.6 Å². The van der Waals surface area contributed by atoms with Gasteiger partial charge in [0.2, 0.25) is 5.91 Å². The Bertz CT molecular complexity index is 829. The Kier molecular flexibility index (Phi) is 6.80. The highest BCUT2D eigenvalue weighted by Crippen LogP contribution is 2.34. The lowest BCUT2D eigenvalue weighted by atomic mass is 10.1. The van der Waals surface area contributed by atoms with Crippen LogP contribution in [-0.4, -0.2) is 41.3 Å². The van der Waals surface area contributed by atoms with Crippen LogP contribution in [0.3, 0.4) is 0 Å². The van der Waals surface area contributed by atoms with Crippen LogP contribution in [0.5, 0.6) is 0 Å². The second-order valence-corrected chi connectivity index (χ2v) is 7.03. The number of amides is 2. The minimum atomic E-state index is -4.52. The molecule has 2 rings (SSSR count). The van der Waals surface area contributed by atoms with E-state index in [-0.39, 0.29) is 16.6 Å². The van der Waals surface area contributed by atoms with Crippen LogP contribution in [0.15, 0.2) is 12.1 Å². The smallest absolute Gasteiger partial charge is 0.351 e. The SMILES string of the molecule is CCN(CC)C(=O)CCCNC(=O)c1sc2nc(C(F)(F)F)ccc2c1C. The second kappa shape index (κ2) is 8.69. The first kappa shape index (κ1) is 21.1. The summed E-state index contributed by atoms with van der Waals surface area (Å²) < 4.78 is 38.4. The second-order valence-electron chi connectivity index (χ2n) is 6.03. The Balaban J connectivity index is 2.01. The maximum atomic E-state index is 12.8. The van der Waals surface area contributed by atoms with Crippen LogP contribution < -0.4 is 5.32 Å². The van der Waals surface area contributed by atoms with E-state index in [1.54, 1.807) is 11.8 Å². The van der Waals surface area contributed by atoms with Gasteiger partial charge in [0, 0.05) is 31.4 Å². The molecule has 0 aliphatic rings. The zero-order valence-corrected chi connectivity index (χ0v) is 16.3. The van der Waals surface area contributed by atoms with Gasteiger partial charge < -0.3 is 10.2 Å². The molecule has 27 heavy (non-hydrogen) atoms. The van der Waals surface area contributed by atoms with E-state index in [0.29, 0.717) is 48.3 Å². The number of thiophene rings is 1. The summed E-state index contributed by atoms with van der Waals surface area (Å²) in [7, 11) is 0. The van der Waals surface area contributed by atoms with Crippen molar-refractivity contribution in [2.45, 2.75) is 39.8 Å². The Morgan fingerprint density at radius 2 is 1.89 bits per heavy atom. The number of carbonyl (C=O) groups excluding carboxylic acids is 2. The van der Waals surface area contributed by atoms with Gasteiger partial charge in [0.05, 0.1) is 4.88 Å². The molecular formula is C18H22F3N3O2S. The fourth-order valence-corrected chi connectivity index (χ4v) is 3.83. The van der Waals surface area contributed by atoms with Gasteiger partial charge in [-0.2, -0.15) is 13.2 Å². The van der Waals surface area contributed by atoms with Gasteiger partial charge in [-0.05, 0) is 44.9 Å². The van der Waals surface area contributed by atoms with Crippen molar-refractivity contribution in [1.29, 1.82) is 0 Å². The monoisotopic (exact) mass is 401 g/mol. The summed E-state index contributed by atoms with van der Waals surface area (Å²) in [4.78, 5) is 30.2. The first-order valence-corrected chi connectivity index (χ1v) is 9.54. The molecule has 0 spiro atoms. The summed E-state index contributed by atoms with van der Waals surface area (Å²) in [5, 5.41) is 3.26. The van der Waals surface area contributed by atoms with Crippen LogP contribution in [0, 0.1) is 6.92 Å². The molecule has 2 aromatic heterocycles. The number of alkyl halides is 3. The van der Waals surface area contributed by atoms with Gasteiger partial charge in [0.1, 0.15) is 10.5 Å². The lowest BCUT2D eigenvalue weighted by Gasteiger charge is -2.18. The largest absolute Gasteiger partial charge is 0.433 e. The number of carbonyl (C=O) groups is 2. The van der Waals surface area contributed by atoms with E-state index in [9.17, 15) is 22.8 Å². The molecule has 2 aromatic rings. The molecule has 0 atom stereocenters. The summed E-state index contributed by atoms with van der Waals surface area (Å²) in [5.41, 5.74) is -0.369. The molecule has 2 amide bonds. The number of hydrogen-bond donors (Lipinski definition) is 1. The summed E-state index contributed by atoms with van der Waals surface area (Å²) in [6.45, 7) is 7.12. The average molecular weight is 401 g/mol. The Morgan fingerprint density at radius 3 is 2.48 bits per heavy atom. The summed E-state index contributed by atoms with van der Waals surface area (Å²) in [5.74, 6) is -0.324. The average Bonchev–Trinajstić information content (AvgIpc) is 2.95. The van der Waals surface area contributed by atoms with Crippen molar-refractivity contribution in [1.82, 2.24) is 15.2 Å². The van der Waals surface area contributed by atoms with E-state index in [1.165, 1.54) is 6.07 Å². The maximum Gasteiger partial charge on any atom is 0.433 e. The van der Waals surface area contributed by atoms with Crippen LogP contribution in [0.1, 0.15) is 47.6 Å². The van der Waals surface area contributed by atoms with Crippen molar-refractivity contribution < 1.29 is 22.8 Å². The van der Waals surface area contributed by atoms with Crippen LogP contribution >= 0.6 is 11.3 Å². The standard InChI is InChI=1S/C18H22F3N3O2S/c1-4-24(5-2)14(25)7-6-10-22-16(26)15-11(3)12-8-9-13(18(19,20)21)23-17(12)27-15/h8-9H,4-7,10H2,1-3H3,(H,22,26). The molecule has 0 bridgehead atoms. The third-order valence-electron chi connectivity index (χ3n) is 4.27. The van der Waals surface area contributed by atoms with Gasteiger partial charge in [-0.1, -0.05) is 0 Å².